The molecule has 0 bridgehead atoms. The van der Waals surface area contributed by atoms with Crippen molar-refractivity contribution < 1.29 is 13.5 Å². The number of hydrogen-bond acceptors (Lipinski definition) is 4. The van der Waals surface area contributed by atoms with Crippen molar-refractivity contribution in [3.8, 4) is 0 Å². The second-order valence-corrected chi connectivity index (χ2v) is 8.21. The highest BCUT2D eigenvalue weighted by Gasteiger charge is 2.10. The summed E-state index contributed by atoms with van der Waals surface area (Å²) in [5.41, 5.74) is 2.02. The molecule has 0 fully saturated rings. The Hall–Kier alpha value is -1.69. The molecule has 2 atom stereocenters. The molecule has 0 aliphatic heterocycles. The number of sulfone groups is 1. The number of nitrogens with one attached hydrogen (secondary N) is 1. The van der Waals surface area contributed by atoms with Gasteiger partial charge in [0.1, 0.15) is 0 Å². The maximum Gasteiger partial charge on any atom is 0.175 e. The Morgan fingerprint density at radius 2 is 1.67 bits per heavy atom. The third-order valence-corrected chi connectivity index (χ3v) is 5.19. The summed E-state index contributed by atoms with van der Waals surface area (Å²) in [5, 5.41) is 13.5. The van der Waals surface area contributed by atoms with E-state index in [1.54, 1.807) is 12.1 Å². The summed E-state index contributed by atoms with van der Waals surface area (Å²) in [5.74, 6) is 0. The first kappa shape index (κ1) is 18.6. The van der Waals surface area contributed by atoms with E-state index < -0.39 is 15.9 Å². The molecule has 0 radical (unpaired) electrons. The van der Waals surface area contributed by atoms with Gasteiger partial charge in [-0.1, -0.05) is 42.5 Å². The van der Waals surface area contributed by atoms with Gasteiger partial charge in [0.15, 0.2) is 9.84 Å². The van der Waals surface area contributed by atoms with Gasteiger partial charge in [-0.05, 0) is 43.0 Å². The lowest BCUT2D eigenvalue weighted by atomic mass is 10.1. The van der Waals surface area contributed by atoms with Gasteiger partial charge in [0.05, 0.1) is 11.0 Å². The predicted molar refractivity (Wildman–Crippen MR) is 96.7 cm³/mol. The van der Waals surface area contributed by atoms with Crippen molar-refractivity contribution in [3.05, 3.63) is 65.7 Å². The zero-order valence-corrected chi connectivity index (χ0v) is 15.0. The van der Waals surface area contributed by atoms with Crippen molar-refractivity contribution in [1.29, 1.82) is 0 Å². The Labute approximate surface area is 144 Å². The summed E-state index contributed by atoms with van der Waals surface area (Å²) in [7, 11) is -3.14. The fourth-order valence-corrected chi connectivity index (χ4v) is 3.12. The van der Waals surface area contributed by atoms with E-state index in [0.717, 1.165) is 24.0 Å². The molecule has 2 rings (SSSR count). The highest BCUT2D eigenvalue weighted by molar-refractivity contribution is 7.90. The van der Waals surface area contributed by atoms with Gasteiger partial charge >= 0.3 is 0 Å². The van der Waals surface area contributed by atoms with Crippen LogP contribution in [-0.2, 0) is 16.3 Å². The van der Waals surface area contributed by atoms with E-state index in [-0.39, 0.29) is 6.04 Å². The van der Waals surface area contributed by atoms with Gasteiger partial charge in [-0.3, -0.25) is 0 Å². The minimum absolute atomic E-state index is 0.262. The van der Waals surface area contributed by atoms with E-state index >= 15 is 0 Å². The lowest BCUT2D eigenvalue weighted by Crippen LogP contribution is -2.30. The maximum absolute atomic E-state index is 11.4. The molecule has 0 saturated heterocycles. The fourth-order valence-electron chi connectivity index (χ4n) is 2.49. The van der Waals surface area contributed by atoms with Gasteiger partial charge in [0.25, 0.3) is 0 Å². The van der Waals surface area contributed by atoms with E-state index in [9.17, 15) is 13.5 Å². The molecule has 0 heterocycles. The Morgan fingerprint density at radius 1 is 1.04 bits per heavy atom. The minimum Gasteiger partial charge on any atom is -0.387 e. The molecule has 2 unspecified atom stereocenters. The summed E-state index contributed by atoms with van der Waals surface area (Å²) >= 11 is 0. The van der Waals surface area contributed by atoms with Gasteiger partial charge in [0.2, 0.25) is 0 Å². The molecule has 2 N–H and O–H groups in total. The molecule has 24 heavy (non-hydrogen) atoms. The van der Waals surface area contributed by atoms with Crippen molar-refractivity contribution in [2.24, 2.45) is 0 Å². The Kier molecular flexibility index (Phi) is 6.54. The normalized spacial score (nSPS) is 14.3. The first-order valence-corrected chi connectivity index (χ1v) is 10.0. The summed E-state index contributed by atoms with van der Waals surface area (Å²) < 4.78 is 22.9. The van der Waals surface area contributed by atoms with Crippen LogP contribution in [0.1, 0.15) is 30.6 Å². The van der Waals surface area contributed by atoms with Gasteiger partial charge < -0.3 is 10.4 Å². The van der Waals surface area contributed by atoms with Gasteiger partial charge in [-0.15, -0.1) is 0 Å². The molecular formula is C19H25NO3S. The lowest BCUT2D eigenvalue weighted by molar-refractivity contribution is 0.170. The molecular weight excluding hydrogens is 322 g/mol. The van der Waals surface area contributed by atoms with Crippen LogP contribution in [0.5, 0.6) is 0 Å². The first-order chi connectivity index (χ1) is 11.4. The topological polar surface area (TPSA) is 66.4 Å². The van der Waals surface area contributed by atoms with E-state index in [2.05, 4.69) is 12.2 Å². The van der Waals surface area contributed by atoms with Crippen LogP contribution in [-0.4, -0.2) is 32.4 Å². The maximum atomic E-state index is 11.4. The molecule has 4 nitrogen and oxygen atoms in total. The average Bonchev–Trinajstić information content (AvgIpc) is 2.58. The van der Waals surface area contributed by atoms with E-state index in [0.29, 0.717) is 11.4 Å². The molecule has 0 saturated carbocycles. The van der Waals surface area contributed by atoms with Crippen LogP contribution in [0.25, 0.3) is 0 Å². The van der Waals surface area contributed by atoms with Crippen molar-refractivity contribution in [3.63, 3.8) is 0 Å². The highest BCUT2D eigenvalue weighted by atomic mass is 32.2. The summed E-state index contributed by atoms with van der Waals surface area (Å²) in [4.78, 5) is 0.350. The quantitative estimate of drug-likeness (QED) is 0.770. The Balaban J connectivity index is 1.78. The summed E-state index contributed by atoms with van der Waals surface area (Å²) in [6.45, 7) is 2.60. The molecule has 5 heteroatoms. The zero-order chi connectivity index (χ0) is 17.6. The third-order valence-electron chi connectivity index (χ3n) is 4.06. The summed E-state index contributed by atoms with van der Waals surface area (Å²) in [6.07, 6.45) is 2.48. The van der Waals surface area contributed by atoms with Crippen LogP contribution >= 0.6 is 0 Å². The third kappa shape index (κ3) is 5.74. The number of aliphatic hydroxyl groups is 1. The van der Waals surface area contributed by atoms with Crippen molar-refractivity contribution in [1.82, 2.24) is 5.32 Å². The molecule has 0 spiro atoms. The van der Waals surface area contributed by atoms with Crippen LogP contribution < -0.4 is 5.32 Å². The second-order valence-electron chi connectivity index (χ2n) is 6.19. The molecule has 130 valence electrons. The van der Waals surface area contributed by atoms with E-state index in [4.69, 9.17) is 0 Å². The molecule has 0 aliphatic rings. The Morgan fingerprint density at radius 3 is 2.25 bits per heavy atom. The largest absolute Gasteiger partial charge is 0.387 e. The van der Waals surface area contributed by atoms with E-state index in [1.807, 2.05) is 42.5 Å². The molecule has 2 aromatic rings. The van der Waals surface area contributed by atoms with E-state index in [1.165, 1.54) is 6.26 Å². The Bertz CT molecular complexity index is 727. The second kappa shape index (κ2) is 8.42. The van der Waals surface area contributed by atoms with Crippen molar-refractivity contribution in [2.45, 2.75) is 36.8 Å². The number of hydrogen-bond donors (Lipinski definition) is 2. The number of rotatable bonds is 8. The standard InChI is InChI=1S/C19H25NO3S/c1-15(20-14-19(21)17-6-4-3-5-7-17)8-9-16-10-12-18(13-11-16)24(2,22)23/h3-7,10-13,15,19-21H,8-9,14H2,1-2H3. The first-order valence-electron chi connectivity index (χ1n) is 8.11. The molecule has 0 aliphatic carbocycles. The van der Waals surface area contributed by atoms with Gasteiger partial charge in [-0.25, -0.2) is 8.42 Å². The highest BCUT2D eigenvalue weighted by Crippen LogP contribution is 2.13. The van der Waals surface area contributed by atoms with Crippen LogP contribution in [0.15, 0.2) is 59.5 Å². The predicted octanol–water partition coefficient (Wildman–Crippen LogP) is 2.73. The monoisotopic (exact) mass is 347 g/mol. The zero-order valence-electron chi connectivity index (χ0n) is 14.1. The molecule has 2 aromatic carbocycles. The number of aryl methyl sites for hydroxylation is 1. The minimum atomic E-state index is -3.14. The van der Waals surface area contributed by atoms with Gasteiger partial charge in [-0.2, -0.15) is 0 Å². The molecule has 0 amide bonds. The van der Waals surface area contributed by atoms with Crippen LogP contribution in [0.2, 0.25) is 0 Å². The number of benzene rings is 2. The molecule has 0 aromatic heterocycles. The lowest BCUT2D eigenvalue weighted by Gasteiger charge is -2.17. The average molecular weight is 347 g/mol. The van der Waals surface area contributed by atoms with Crippen LogP contribution in [0, 0.1) is 0 Å². The SMILES string of the molecule is CC(CCc1ccc(S(C)(=O)=O)cc1)NCC(O)c1ccccc1. The fraction of sp³-hybridized carbons (Fsp3) is 0.368. The summed E-state index contributed by atoms with van der Waals surface area (Å²) in [6, 6.07) is 16.9. The van der Waals surface area contributed by atoms with Crippen LogP contribution in [0.3, 0.4) is 0 Å². The van der Waals surface area contributed by atoms with Crippen molar-refractivity contribution >= 4 is 9.84 Å². The van der Waals surface area contributed by atoms with Gasteiger partial charge in [0, 0.05) is 18.8 Å². The van der Waals surface area contributed by atoms with Crippen LogP contribution in [0.4, 0.5) is 0 Å². The number of aliphatic hydroxyl groups excluding tert-OH is 1. The van der Waals surface area contributed by atoms with Crippen molar-refractivity contribution in [2.75, 3.05) is 12.8 Å². The smallest absolute Gasteiger partial charge is 0.175 e.